The number of hydrogen-bond acceptors (Lipinski definition) is 5. The molecule has 0 aromatic heterocycles. The monoisotopic (exact) mass is 200 g/mol. The van der Waals surface area contributed by atoms with Gasteiger partial charge in [-0.25, -0.2) is 0 Å². The fourth-order valence-corrected chi connectivity index (χ4v) is 0.647. The van der Waals surface area contributed by atoms with Crippen LogP contribution in [0.3, 0.4) is 0 Å². The molecule has 0 aliphatic heterocycles. The Hall–Kier alpha value is -1.65. The van der Waals surface area contributed by atoms with Crippen molar-refractivity contribution in [1.82, 2.24) is 0 Å². The molecule has 0 aromatic carbocycles. The lowest BCUT2D eigenvalue weighted by atomic mass is 10.3. The first-order valence-electron chi connectivity index (χ1n) is 3.96. The number of ketones is 1. The molecular formula is C9H12O5. The van der Waals surface area contributed by atoms with Crippen molar-refractivity contribution in [3.8, 4) is 0 Å². The Morgan fingerprint density at radius 3 is 2.00 bits per heavy atom. The van der Waals surface area contributed by atoms with E-state index < -0.39 is 17.7 Å². The Morgan fingerprint density at radius 1 is 1.07 bits per heavy atom. The lowest BCUT2D eigenvalue weighted by molar-refractivity contribution is -0.140. The number of hydrogen-bond donors (Lipinski definition) is 0. The SMILES string of the molecule is CC(=O)OC/C=C(\OC(C)=O)C(C)=O. The van der Waals surface area contributed by atoms with Gasteiger partial charge in [0.25, 0.3) is 0 Å². The average Bonchev–Trinajstić information content (AvgIpc) is 2.00. The molecule has 0 fully saturated rings. The van der Waals surface area contributed by atoms with Gasteiger partial charge in [0.2, 0.25) is 0 Å². The highest BCUT2D eigenvalue weighted by Crippen LogP contribution is 1.99. The van der Waals surface area contributed by atoms with E-state index in [0.717, 1.165) is 0 Å². The summed E-state index contributed by atoms with van der Waals surface area (Å²) in [5.41, 5.74) is 0. The zero-order valence-electron chi connectivity index (χ0n) is 8.33. The summed E-state index contributed by atoms with van der Waals surface area (Å²) in [6.45, 7) is 3.59. The largest absolute Gasteiger partial charge is 0.461 e. The van der Waals surface area contributed by atoms with Crippen molar-refractivity contribution in [3.05, 3.63) is 11.8 Å². The first kappa shape index (κ1) is 12.3. The molecule has 0 amide bonds. The van der Waals surface area contributed by atoms with E-state index in [1.165, 1.54) is 26.8 Å². The van der Waals surface area contributed by atoms with Gasteiger partial charge in [-0.15, -0.1) is 0 Å². The molecule has 0 radical (unpaired) electrons. The summed E-state index contributed by atoms with van der Waals surface area (Å²) in [4.78, 5) is 31.8. The number of esters is 2. The van der Waals surface area contributed by atoms with Gasteiger partial charge in [-0.2, -0.15) is 0 Å². The summed E-state index contributed by atoms with van der Waals surface area (Å²) in [5.74, 6) is -1.56. The van der Waals surface area contributed by atoms with Gasteiger partial charge in [0, 0.05) is 20.8 Å². The second kappa shape index (κ2) is 5.90. The van der Waals surface area contributed by atoms with Crippen LogP contribution in [-0.4, -0.2) is 24.3 Å². The number of carbonyl (C=O) groups is 3. The lowest BCUT2D eigenvalue weighted by Gasteiger charge is -2.02. The van der Waals surface area contributed by atoms with Crippen LogP contribution >= 0.6 is 0 Å². The second-order valence-electron chi connectivity index (χ2n) is 2.52. The summed E-state index contributed by atoms with van der Waals surface area (Å²) in [7, 11) is 0. The summed E-state index contributed by atoms with van der Waals surface area (Å²) >= 11 is 0. The number of Topliss-reactive ketones (excluding diaryl/α,β-unsaturated/α-hetero) is 1. The van der Waals surface area contributed by atoms with Crippen molar-refractivity contribution < 1.29 is 23.9 Å². The molecule has 0 aromatic rings. The fraction of sp³-hybridized carbons (Fsp3) is 0.444. The Labute approximate surface area is 81.7 Å². The highest BCUT2D eigenvalue weighted by molar-refractivity contribution is 5.93. The van der Waals surface area contributed by atoms with Crippen molar-refractivity contribution in [1.29, 1.82) is 0 Å². The van der Waals surface area contributed by atoms with E-state index in [0.29, 0.717) is 0 Å². The molecule has 5 nitrogen and oxygen atoms in total. The topological polar surface area (TPSA) is 69.7 Å². The van der Waals surface area contributed by atoms with Crippen LogP contribution in [0.4, 0.5) is 0 Å². The van der Waals surface area contributed by atoms with Gasteiger partial charge in [-0.05, 0) is 6.08 Å². The van der Waals surface area contributed by atoms with Crippen molar-refractivity contribution >= 4 is 17.7 Å². The molecule has 0 bridgehead atoms. The van der Waals surface area contributed by atoms with Gasteiger partial charge in [-0.3, -0.25) is 14.4 Å². The van der Waals surface area contributed by atoms with Crippen molar-refractivity contribution in [2.24, 2.45) is 0 Å². The number of ether oxygens (including phenoxy) is 2. The molecule has 0 N–H and O–H groups in total. The van der Waals surface area contributed by atoms with E-state index in [4.69, 9.17) is 0 Å². The predicted molar refractivity (Wildman–Crippen MR) is 47.2 cm³/mol. The van der Waals surface area contributed by atoms with Gasteiger partial charge < -0.3 is 9.47 Å². The predicted octanol–water partition coefficient (Wildman–Crippen LogP) is 0.586. The first-order chi connectivity index (χ1) is 6.43. The van der Waals surface area contributed by atoms with E-state index in [1.807, 2.05) is 0 Å². The van der Waals surface area contributed by atoms with Crippen LogP contribution < -0.4 is 0 Å². The molecule has 0 aliphatic rings. The van der Waals surface area contributed by atoms with Gasteiger partial charge in [0.1, 0.15) is 6.61 Å². The molecule has 0 rings (SSSR count). The molecule has 0 aliphatic carbocycles. The standard InChI is InChI=1S/C9H12O5/c1-6(10)9(14-8(3)12)4-5-13-7(2)11/h4H,5H2,1-3H3/b9-4-. The van der Waals surface area contributed by atoms with Gasteiger partial charge in [0.15, 0.2) is 11.5 Å². The minimum atomic E-state index is -0.589. The molecule has 14 heavy (non-hydrogen) atoms. The van der Waals surface area contributed by atoms with Crippen LogP contribution in [0.5, 0.6) is 0 Å². The van der Waals surface area contributed by atoms with Crippen molar-refractivity contribution in [2.75, 3.05) is 6.61 Å². The van der Waals surface area contributed by atoms with Crippen LogP contribution in [0.25, 0.3) is 0 Å². The fourth-order valence-electron chi connectivity index (χ4n) is 0.647. The molecular weight excluding hydrogens is 188 g/mol. The molecule has 78 valence electrons. The third-order valence-corrected chi connectivity index (χ3v) is 1.16. The molecule has 0 atom stereocenters. The van der Waals surface area contributed by atoms with Crippen LogP contribution in [0.1, 0.15) is 20.8 Å². The normalized spacial score (nSPS) is 10.6. The molecule has 0 spiro atoms. The Balaban J connectivity index is 4.26. The quantitative estimate of drug-likeness (QED) is 0.377. The third kappa shape index (κ3) is 5.93. The van der Waals surface area contributed by atoms with Crippen LogP contribution in [0.2, 0.25) is 0 Å². The first-order valence-corrected chi connectivity index (χ1v) is 3.96. The van der Waals surface area contributed by atoms with Gasteiger partial charge >= 0.3 is 11.9 Å². The highest BCUT2D eigenvalue weighted by Gasteiger charge is 2.07. The van der Waals surface area contributed by atoms with E-state index in [-0.39, 0.29) is 12.4 Å². The van der Waals surface area contributed by atoms with Crippen molar-refractivity contribution in [2.45, 2.75) is 20.8 Å². The minimum Gasteiger partial charge on any atom is -0.461 e. The van der Waals surface area contributed by atoms with Gasteiger partial charge in [0.05, 0.1) is 0 Å². The maximum Gasteiger partial charge on any atom is 0.308 e. The zero-order chi connectivity index (χ0) is 11.1. The second-order valence-corrected chi connectivity index (χ2v) is 2.52. The third-order valence-electron chi connectivity index (χ3n) is 1.16. The van der Waals surface area contributed by atoms with Crippen LogP contribution in [0.15, 0.2) is 11.8 Å². The smallest absolute Gasteiger partial charge is 0.308 e. The summed E-state index contributed by atoms with van der Waals surface area (Å²) in [6, 6.07) is 0. The van der Waals surface area contributed by atoms with Crippen LogP contribution in [-0.2, 0) is 23.9 Å². The summed E-state index contributed by atoms with van der Waals surface area (Å²) in [5, 5.41) is 0. The Kier molecular flexibility index (Phi) is 5.21. The number of allylic oxidation sites excluding steroid dienone is 1. The highest BCUT2D eigenvalue weighted by atomic mass is 16.5. The van der Waals surface area contributed by atoms with E-state index in [1.54, 1.807) is 0 Å². The molecule has 0 saturated carbocycles. The zero-order valence-corrected chi connectivity index (χ0v) is 8.33. The molecule has 0 unspecified atom stereocenters. The lowest BCUT2D eigenvalue weighted by Crippen LogP contribution is -2.08. The Bertz CT molecular complexity index is 277. The minimum absolute atomic E-state index is 0.0858. The maximum atomic E-state index is 10.9. The molecule has 0 saturated heterocycles. The van der Waals surface area contributed by atoms with Crippen LogP contribution in [0, 0.1) is 0 Å². The average molecular weight is 200 g/mol. The molecule has 5 heteroatoms. The Morgan fingerprint density at radius 2 is 1.64 bits per heavy atom. The van der Waals surface area contributed by atoms with Crippen molar-refractivity contribution in [3.63, 3.8) is 0 Å². The van der Waals surface area contributed by atoms with E-state index in [2.05, 4.69) is 9.47 Å². The summed E-state index contributed by atoms with van der Waals surface area (Å²) in [6.07, 6.45) is 1.24. The van der Waals surface area contributed by atoms with E-state index >= 15 is 0 Å². The number of carbonyl (C=O) groups excluding carboxylic acids is 3. The summed E-state index contributed by atoms with van der Waals surface area (Å²) < 4.78 is 9.12. The molecule has 0 heterocycles. The van der Waals surface area contributed by atoms with Gasteiger partial charge in [-0.1, -0.05) is 0 Å². The maximum absolute atomic E-state index is 10.9. The number of rotatable bonds is 4. The van der Waals surface area contributed by atoms with E-state index in [9.17, 15) is 14.4 Å².